The molecule has 11 heavy (non-hydrogen) atoms. The highest BCUT2D eigenvalue weighted by Crippen LogP contribution is 2.19. The summed E-state index contributed by atoms with van der Waals surface area (Å²) >= 11 is 0. The summed E-state index contributed by atoms with van der Waals surface area (Å²) in [4.78, 5) is 3.07. The van der Waals surface area contributed by atoms with Gasteiger partial charge in [0.05, 0.1) is 0 Å². The molecule has 1 heterocycles. The second-order valence-corrected chi connectivity index (χ2v) is 2.63. The van der Waals surface area contributed by atoms with Gasteiger partial charge in [0.2, 0.25) is 0 Å². The first kappa shape index (κ1) is 7.68. The minimum absolute atomic E-state index is 0.898. The molecule has 0 radical (unpaired) electrons. The van der Waals surface area contributed by atoms with Crippen molar-refractivity contribution in [1.29, 1.82) is 0 Å². The highest BCUT2D eigenvalue weighted by atomic mass is 14.7. The van der Waals surface area contributed by atoms with Crippen molar-refractivity contribution in [2.24, 2.45) is 0 Å². The van der Waals surface area contributed by atoms with Crippen LogP contribution in [-0.2, 0) is 0 Å². The third-order valence-corrected chi connectivity index (χ3v) is 1.66. The Labute approximate surface area is 67.1 Å². The topological polar surface area (TPSA) is 15.8 Å². The van der Waals surface area contributed by atoms with Gasteiger partial charge in [-0.3, -0.25) is 0 Å². The lowest BCUT2D eigenvalue weighted by atomic mass is 10.1. The number of hydrogen-bond acceptors (Lipinski definition) is 0. The van der Waals surface area contributed by atoms with Crippen LogP contribution in [0, 0.1) is 19.3 Å². The van der Waals surface area contributed by atoms with Crippen LogP contribution in [0.15, 0.2) is 12.8 Å². The number of H-pyrrole nitrogens is 1. The van der Waals surface area contributed by atoms with Crippen molar-refractivity contribution in [3.05, 3.63) is 29.6 Å². The molecule has 0 saturated heterocycles. The quantitative estimate of drug-likeness (QED) is 0.584. The van der Waals surface area contributed by atoms with Crippen LogP contribution in [0.25, 0.3) is 5.57 Å². The summed E-state index contributed by atoms with van der Waals surface area (Å²) in [6.45, 7) is 7.80. The molecule has 0 amide bonds. The molecule has 1 aromatic rings. The van der Waals surface area contributed by atoms with E-state index >= 15 is 0 Å². The first-order chi connectivity index (χ1) is 5.16. The molecule has 0 unspecified atom stereocenters. The second kappa shape index (κ2) is 2.67. The standard InChI is InChI=1S/C10H11N/c1-5-9-6-11-8(4)10(9)7(2)3/h1,6,11H,2H2,3-4H3. The van der Waals surface area contributed by atoms with Gasteiger partial charge in [-0.1, -0.05) is 12.5 Å². The molecular weight excluding hydrogens is 134 g/mol. The monoisotopic (exact) mass is 145 g/mol. The Morgan fingerprint density at radius 2 is 2.36 bits per heavy atom. The molecule has 1 aromatic heterocycles. The first-order valence-corrected chi connectivity index (χ1v) is 3.47. The molecule has 0 aliphatic heterocycles. The molecule has 1 N–H and O–H groups in total. The average molecular weight is 145 g/mol. The van der Waals surface area contributed by atoms with Crippen LogP contribution in [0.4, 0.5) is 0 Å². The number of allylic oxidation sites excluding steroid dienone is 1. The average Bonchev–Trinajstić information content (AvgIpc) is 2.30. The van der Waals surface area contributed by atoms with E-state index in [1.165, 1.54) is 0 Å². The molecule has 0 aliphatic carbocycles. The van der Waals surface area contributed by atoms with E-state index in [1.807, 2.05) is 20.0 Å². The maximum absolute atomic E-state index is 5.29. The smallest absolute Gasteiger partial charge is 0.0494 e. The Bertz CT molecular complexity index is 323. The molecule has 0 spiro atoms. The molecule has 1 nitrogen and oxygen atoms in total. The maximum atomic E-state index is 5.29. The summed E-state index contributed by atoms with van der Waals surface area (Å²) in [5.74, 6) is 2.61. The summed E-state index contributed by atoms with van der Waals surface area (Å²) in [6, 6.07) is 0. The zero-order valence-corrected chi connectivity index (χ0v) is 6.86. The van der Waals surface area contributed by atoms with E-state index in [9.17, 15) is 0 Å². The lowest BCUT2D eigenvalue weighted by Crippen LogP contribution is -1.82. The van der Waals surface area contributed by atoms with Gasteiger partial charge >= 0.3 is 0 Å². The number of aryl methyl sites for hydroxylation is 1. The molecule has 0 bridgehead atoms. The van der Waals surface area contributed by atoms with Crippen LogP contribution >= 0.6 is 0 Å². The lowest BCUT2D eigenvalue weighted by molar-refractivity contribution is 1.25. The Balaban J connectivity index is 3.32. The van der Waals surface area contributed by atoms with Crippen molar-refractivity contribution in [2.75, 3.05) is 0 Å². The van der Waals surface area contributed by atoms with E-state index in [0.29, 0.717) is 0 Å². The lowest BCUT2D eigenvalue weighted by Gasteiger charge is -1.97. The summed E-state index contributed by atoms with van der Waals surface area (Å²) < 4.78 is 0. The van der Waals surface area contributed by atoms with Crippen LogP contribution in [0.2, 0.25) is 0 Å². The highest BCUT2D eigenvalue weighted by Gasteiger charge is 2.05. The van der Waals surface area contributed by atoms with Crippen LogP contribution in [0.5, 0.6) is 0 Å². The summed E-state index contributed by atoms with van der Waals surface area (Å²) in [6.07, 6.45) is 7.12. The van der Waals surface area contributed by atoms with Gasteiger partial charge < -0.3 is 4.98 Å². The molecule has 1 heteroatoms. The zero-order valence-electron chi connectivity index (χ0n) is 6.86. The van der Waals surface area contributed by atoms with Gasteiger partial charge in [-0.15, -0.1) is 6.42 Å². The molecular formula is C10H11N. The van der Waals surface area contributed by atoms with Crippen molar-refractivity contribution < 1.29 is 0 Å². The molecule has 56 valence electrons. The third kappa shape index (κ3) is 1.20. The molecule has 0 aliphatic rings. The van der Waals surface area contributed by atoms with Crippen LogP contribution in [0.1, 0.15) is 23.7 Å². The largest absolute Gasteiger partial charge is 0.364 e. The minimum atomic E-state index is 0.898. The van der Waals surface area contributed by atoms with Gasteiger partial charge in [0.1, 0.15) is 0 Å². The van der Waals surface area contributed by atoms with Gasteiger partial charge in [0, 0.05) is 23.0 Å². The first-order valence-electron chi connectivity index (χ1n) is 3.47. The zero-order chi connectivity index (χ0) is 8.43. The molecule has 0 saturated carbocycles. The van der Waals surface area contributed by atoms with Gasteiger partial charge in [-0.25, -0.2) is 0 Å². The summed E-state index contributed by atoms with van der Waals surface area (Å²) in [5, 5.41) is 0. The van der Waals surface area contributed by atoms with E-state index in [1.54, 1.807) is 0 Å². The Morgan fingerprint density at radius 1 is 1.73 bits per heavy atom. The van der Waals surface area contributed by atoms with E-state index in [-0.39, 0.29) is 0 Å². The fourth-order valence-electron chi connectivity index (χ4n) is 1.19. The summed E-state index contributed by atoms with van der Waals surface area (Å²) in [7, 11) is 0. The number of terminal acetylenes is 1. The summed E-state index contributed by atoms with van der Waals surface area (Å²) in [5.41, 5.74) is 4.07. The van der Waals surface area contributed by atoms with Gasteiger partial charge in [0.15, 0.2) is 0 Å². The van der Waals surface area contributed by atoms with Crippen LogP contribution < -0.4 is 0 Å². The number of hydrogen-bond donors (Lipinski definition) is 1. The van der Waals surface area contributed by atoms with Crippen LogP contribution in [-0.4, -0.2) is 4.98 Å². The van der Waals surface area contributed by atoms with E-state index < -0.39 is 0 Å². The van der Waals surface area contributed by atoms with E-state index in [2.05, 4.69) is 17.5 Å². The van der Waals surface area contributed by atoms with E-state index in [4.69, 9.17) is 6.42 Å². The normalized spacial score (nSPS) is 9.18. The number of aromatic amines is 1. The van der Waals surface area contributed by atoms with Gasteiger partial charge in [-0.2, -0.15) is 0 Å². The van der Waals surface area contributed by atoms with Crippen molar-refractivity contribution >= 4 is 5.57 Å². The van der Waals surface area contributed by atoms with Crippen molar-refractivity contribution in [3.8, 4) is 12.3 Å². The molecule has 1 rings (SSSR count). The van der Waals surface area contributed by atoms with Gasteiger partial charge in [-0.05, 0) is 19.4 Å². The van der Waals surface area contributed by atoms with Crippen molar-refractivity contribution in [2.45, 2.75) is 13.8 Å². The Hall–Kier alpha value is -1.42. The van der Waals surface area contributed by atoms with Gasteiger partial charge in [0.25, 0.3) is 0 Å². The van der Waals surface area contributed by atoms with Crippen molar-refractivity contribution in [1.82, 2.24) is 4.98 Å². The second-order valence-electron chi connectivity index (χ2n) is 2.63. The number of rotatable bonds is 1. The Kier molecular flexibility index (Phi) is 1.87. The third-order valence-electron chi connectivity index (χ3n) is 1.66. The fraction of sp³-hybridized carbons (Fsp3) is 0.200. The predicted molar refractivity (Wildman–Crippen MR) is 48.2 cm³/mol. The minimum Gasteiger partial charge on any atom is -0.364 e. The van der Waals surface area contributed by atoms with Crippen molar-refractivity contribution in [3.63, 3.8) is 0 Å². The SMILES string of the molecule is C#Cc1c[nH]c(C)c1C(=C)C. The van der Waals surface area contributed by atoms with E-state index in [0.717, 1.165) is 22.4 Å². The molecule has 0 aromatic carbocycles. The molecule has 0 fully saturated rings. The maximum Gasteiger partial charge on any atom is 0.0494 e. The fourth-order valence-corrected chi connectivity index (χ4v) is 1.19. The number of aromatic nitrogens is 1. The van der Waals surface area contributed by atoms with Crippen LogP contribution in [0.3, 0.4) is 0 Å². The Morgan fingerprint density at radius 3 is 2.73 bits per heavy atom. The highest BCUT2D eigenvalue weighted by molar-refractivity contribution is 5.69. The predicted octanol–water partition coefficient (Wildman–Crippen LogP) is 2.34. The number of nitrogens with one attached hydrogen (secondary N) is 1. The molecule has 0 atom stereocenters.